The van der Waals surface area contributed by atoms with Gasteiger partial charge >= 0.3 is 0 Å². The Morgan fingerprint density at radius 3 is 2.22 bits per heavy atom. The molecule has 0 heterocycles. The van der Waals surface area contributed by atoms with Gasteiger partial charge in [-0.3, -0.25) is 13.9 Å². The van der Waals surface area contributed by atoms with Gasteiger partial charge in [0.25, 0.3) is 0 Å². The van der Waals surface area contributed by atoms with E-state index >= 15 is 0 Å². The summed E-state index contributed by atoms with van der Waals surface area (Å²) in [5.74, 6) is -0.811. The number of hydrogen-bond donors (Lipinski definition) is 1. The van der Waals surface area contributed by atoms with Crippen LogP contribution in [-0.2, 0) is 26.2 Å². The Balaban J connectivity index is 2.42. The van der Waals surface area contributed by atoms with Crippen molar-refractivity contribution >= 4 is 50.7 Å². The number of hydrogen-bond acceptors (Lipinski definition) is 4. The predicted octanol–water partition coefficient (Wildman–Crippen LogP) is 3.70. The quantitative estimate of drug-likeness (QED) is 0.539. The van der Waals surface area contributed by atoms with Crippen molar-refractivity contribution < 1.29 is 18.0 Å². The first-order valence-electron chi connectivity index (χ1n) is 10.1. The molecule has 0 aliphatic rings. The molecule has 174 valence electrons. The summed E-state index contributed by atoms with van der Waals surface area (Å²) in [6, 6.07) is 12.4. The van der Waals surface area contributed by atoms with E-state index in [0.717, 1.165) is 16.1 Å². The van der Waals surface area contributed by atoms with Gasteiger partial charge in [0.2, 0.25) is 21.8 Å². The molecule has 0 saturated heterocycles. The molecule has 32 heavy (non-hydrogen) atoms. The standard InChI is InChI=1S/C22H27Cl2N3O4S/c1-4-20(22(29)25-5-2)26(14-16-9-11-17(23)12-10-16)21(28)15-27(32(3,30)31)19-8-6-7-18(24)13-19/h6-13,20H,4-5,14-15H2,1-3H3,(H,25,29)/t20-/m1/s1. The van der Waals surface area contributed by atoms with E-state index in [1.807, 2.05) is 0 Å². The van der Waals surface area contributed by atoms with Crippen LogP contribution < -0.4 is 9.62 Å². The van der Waals surface area contributed by atoms with Crippen LogP contribution in [0.25, 0.3) is 0 Å². The van der Waals surface area contributed by atoms with Crippen molar-refractivity contribution in [1.82, 2.24) is 10.2 Å². The predicted molar refractivity (Wildman–Crippen MR) is 128 cm³/mol. The number of benzene rings is 2. The fraction of sp³-hybridized carbons (Fsp3) is 0.364. The summed E-state index contributed by atoms with van der Waals surface area (Å²) in [4.78, 5) is 27.5. The number of anilines is 1. The Morgan fingerprint density at radius 1 is 1.03 bits per heavy atom. The fourth-order valence-electron chi connectivity index (χ4n) is 3.24. The molecule has 0 radical (unpaired) electrons. The molecule has 10 heteroatoms. The van der Waals surface area contributed by atoms with Gasteiger partial charge in [0.15, 0.2) is 0 Å². The molecule has 0 saturated carbocycles. The second kappa shape index (κ2) is 11.5. The molecule has 2 aromatic rings. The van der Waals surface area contributed by atoms with Crippen LogP contribution in [0.3, 0.4) is 0 Å². The molecule has 1 atom stereocenters. The third kappa shape index (κ3) is 7.12. The number of carbonyl (C=O) groups excluding carboxylic acids is 2. The lowest BCUT2D eigenvalue weighted by Gasteiger charge is -2.32. The molecule has 0 unspecified atom stereocenters. The van der Waals surface area contributed by atoms with Crippen LogP contribution in [0.1, 0.15) is 25.8 Å². The van der Waals surface area contributed by atoms with Crippen LogP contribution in [0.5, 0.6) is 0 Å². The number of likely N-dealkylation sites (N-methyl/N-ethyl adjacent to an activating group) is 1. The summed E-state index contributed by atoms with van der Waals surface area (Å²) >= 11 is 12.0. The maximum absolute atomic E-state index is 13.4. The largest absolute Gasteiger partial charge is 0.355 e. The first-order chi connectivity index (χ1) is 15.1. The molecule has 0 bridgehead atoms. The van der Waals surface area contributed by atoms with Crippen LogP contribution in [-0.4, -0.2) is 50.5 Å². The second-order valence-corrected chi connectivity index (χ2v) is 10.00. The number of nitrogens with one attached hydrogen (secondary N) is 1. The zero-order chi connectivity index (χ0) is 23.9. The Kier molecular flexibility index (Phi) is 9.36. The van der Waals surface area contributed by atoms with Crippen molar-refractivity contribution in [3.8, 4) is 0 Å². The lowest BCUT2D eigenvalue weighted by atomic mass is 10.1. The number of sulfonamides is 1. The van der Waals surface area contributed by atoms with Crippen molar-refractivity contribution in [3.63, 3.8) is 0 Å². The van der Waals surface area contributed by atoms with Crippen LogP contribution in [0.4, 0.5) is 5.69 Å². The summed E-state index contributed by atoms with van der Waals surface area (Å²) in [7, 11) is -3.80. The molecule has 0 aliphatic heterocycles. The minimum Gasteiger partial charge on any atom is -0.355 e. The molecule has 2 aromatic carbocycles. The van der Waals surface area contributed by atoms with Crippen LogP contribution in [0, 0.1) is 0 Å². The van der Waals surface area contributed by atoms with Gasteiger partial charge in [0, 0.05) is 23.1 Å². The highest BCUT2D eigenvalue weighted by molar-refractivity contribution is 7.92. The summed E-state index contributed by atoms with van der Waals surface area (Å²) < 4.78 is 26.0. The van der Waals surface area contributed by atoms with E-state index in [1.54, 1.807) is 56.3 Å². The molecule has 1 N–H and O–H groups in total. The van der Waals surface area contributed by atoms with Gasteiger partial charge in [0.1, 0.15) is 12.6 Å². The summed E-state index contributed by atoms with van der Waals surface area (Å²) in [5, 5.41) is 3.64. The smallest absolute Gasteiger partial charge is 0.244 e. The van der Waals surface area contributed by atoms with E-state index in [2.05, 4.69) is 5.32 Å². The third-order valence-corrected chi connectivity index (χ3v) is 6.41. The van der Waals surface area contributed by atoms with E-state index in [-0.39, 0.29) is 18.1 Å². The second-order valence-electron chi connectivity index (χ2n) is 7.22. The molecule has 7 nitrogen and oxygen atoms in total. The highest BCUT2D eigenvalue weighted by atomic mass is 35.5. The van der Waals surface area contributed by atoms with Crippen molar-refractivity contribution in [1.29, 1.82) is 0 Å². The average molecular weight is 500 g/mol. The Bertz CT molecular complexity index is 1050. The van der Waals surface area contributed by atoms with Gasteiger partial charge in [-0.25, -0.2) is 8.42 Å². The molecule has 0 aromatic heterocycles. The lowest BCUT2D eigenvalue weighted by molar-refractivity contribution is -0.140. The summed E-state index contributed by atoms with van der Waals surface area (Å²) in [6.45, 7) is 3.66. The Labute approximate surface area is 199 Å². The van der Waals surface area contributed by atoms with E-state index in [0.29, 0.717) is 23.0 Å². The first kappa shape index (κ1) is 26.0. The Hall–Kier alpha value is -2.29. The maximum atomic E-state index is 13.4. The van der Waals surface area contributed by atoms with E-state index < -0.39 is 28.5 Å². The van der Waals surface area contributed by atoms with Crippen LogP contribution in [0.2, 0.25) is 10.0 Å². The molecule has 0 spiro atoms. The number of carbonyl (C=O) groups is 2. The lowest BCUT2D eigenvalue weighted by Crippen LogP contribution is -2.52. The van der Waals surface area contributed by atoms with Crippen molar-refractivity contribution in [3.05, 3.63) is 64.1 Å². The molecule has 0 fully saturated rings. The van der Waals surface area contributed by atoms with Gasteiger partial charge < -0.3 is 10.2 Å². The maximum Gasteiger partial charge on any atom is 0.244 e. The highest BCUT2D eigenvalue weighted by Gasteiger charge is 2.31. The number of nitrogens with zero attached hydrogens (tertiary/aromatic N) is 2. The van der Waals surface area contributed by atoms with Gasteiger partial charge in [-0.15, -0.1) is 0 Å². The third-order valence-electron chi connectivity index (χ3n) is 4.78. The summed E-state index contributed by atoms with van der Waals surface area (Å²) in [6.07, 6.45) is 1.38. The topological polar surface area (TPSA) is 86.8 Å². The number of halogens is 2. The number of rotatable bonds is 10. The molecular formula is C22H27Cl2N3O4S. The normalized spacial score (nSPS) is 12.2. The first-order valence-corrected chi connectivity index (χ1v) is 12.7. The van der Waals surface area contributed by atoms with Crippen molar-refractivity contribution in [2.45, 2.75) is 32.9 Å². The molecule has 2 rings (SSSR count). The van der Waals surface area contributed by atoms with E-state index in [1.165, 1.54) is 11.0 Å². The zero-order valence-electron chi connectivity index (χ0n) is 18.2. The SMILES string of the molecule is CCNC(=O)[C@@H](CC)N(Cc1ccc(Cl)cc1)C(=O)CN(c1cccc(Cl)c1)S(C)(=O)=O. The van der Waals surface area contributed by atoms with Gasteiger partial charge in [0.05, 0.1) is 11.9 Å². The monoisotopic (exact) mass is 499 g/mol. The van der Waals surface area contributed by atoms with Crippen LogP contribution >= 0.6 is 23.2 Å². The summed E-state index contributed by atoms with van der Waals surface area (Å²) in [5.41, 5.74) is 1.03. The Morgan fingerprint density at radius 2 is 1.69 bits per heavy atom. The number of amides is 2. The van der Waals surface area contributed by atoms with Gasteiger partial charge in [-0.1, -0.05) is 48.3 Å². The van der Waals surface area contributed by atoms with Crippen molar-refractivity contribution in [2.75, 3.05) is 23.7 Å². The molecular weight excluding hydrogens is 473 g/mol. The van der Waals surface area contributed by atoms with E-state index in [9.17, 15) is 18.0 Å². The van der Waals surface area contributed by atoms with E-state index in [4.69, 9.17) is 23.2 Å². The van der Waals surface area contributed by atoms with Gasteiger partial charge in [-0.05, 0) is 49.2 Å². The minimum atomic E-state index is -3.80. The fourth-order valence-corrected chi connectivity index (χ4v) is 4.39. The van der Waals surface area contributed by atoms with Crippen LogP contribution in [0.15, 0.2) is 48.5 Å². The average Bonchev–Trinajstić information content (AvgIpc) is 2.72. The molecule has 0 aliphatic carbocycles. The zero-order valence-corrected chi connectivity index (χ0v) is 20.5. The van der Waals surface area contributed by atoms with Gasteiger partial charge in [-0.2, -0.15) is 0 Å². The molecule has 2 amide bonds. The van der Waals surface area contributed by atoms with Crippen molar-refractivity contribution in [2.24, 2.45) is 0 Å². The highest BCUT2D eigenvalue weighted by Crippen LogP contribution is 2.23. The minimum absolute atomic E-state index is 0.124.